The van der Waals surface area contributed by atoms with Crippen molar-refractivity contribution in [3.05, 3.63) is 36.0 Å². The Morgan fingerprint density at radius 1 is 0.641 bits per heavy atom. The van der Waals surface area contributed by atoms with Crippen LogP contribution in [0.1, 0.15) is 174 Å². The van der Waals surface area contributed by atoms with Crippen molar-refractivity contribution >= 4 is 52.2 Å². The standard InChI is InChI=1S/C49H84N8O6S/c1-4-5-6-7-8-9-10-11-12-13-14-15-16-17-18-27-44(59)54-39(25-19-21-30-50)47(61)55-40(26-20-22-31-51)48(62)57-42(49(63)56-41(46(52)60)33-36(2)3)35-64-34-37-28-29-43(58)45-38(37)24-23-32-53-45/h23-24,28-29,32,36,39-42,58H,4-22,25-27,30-31,33-35,50-51H2,1-3H3,(H2,52,60)(H,54,59)(H,55,61)(H,56,63)(H,57,62)/t39-,40-,41-,42-/m0/s1. The quantitative estimate of drug-likeness (QED) is 0.0316. The Bertz CT molecular complexity index is 1650. The van der Waals surface area contributed by atoms with Gasteiger partial charge in [-0.15, -0.1) is 0 Å². The van der Waals surface area contributed by atoms with Crippen LogP contribution in [0, 0.1) is 5.92 Å². The van der Waals surface area contributed by atoms with E-state index < -0.39 is 47.8 Å². The van der Waals surface area contributed by atoms with E-state index in [1.807, 2.05) is 19.9 Å². The molecule has 0 saturated carbocycles. The molecule has 2 rings (SSSR count). The molecule has 64 heavy (non-hydrogen) atoms. The third kappa shape index (κ3) is 23.8. The van der Waals surface area contributed by atoms with Crippen LogP contribution in [0.4, 0.5) is 0 Å². The largest absolute Gasteiger partial charge is 0.506 e. The molecule has 2 aromatic rings. The van der Waals surface area contributed by atoms with Gasteiger partial charge in [-0.05, 0) is 88.1 Å². The van der Waals surface area contributed by atoms with Crippen LogP contribution in [0.15, 0.2) is 30.5 Å². The van der Waals surface area contributed by atoms with Gasteiger partial charge in [-0.1, -0.05) is 123 Å². The zero-order valence-corrected chi connectivity index (χ0v) is 40.3. The van der Waals surface area contributed by atoms with Crippen molar-refractivity contribution in [2.75, 3.05) is 18.8 Å². The number of hydrogen-bond donors (Lipinski definition) is 8. The second kappa shape index (κ2) is 34.4. The lowest BCUT2D eigenvalue weighted by Crippen LogP contribution is -2.58. The van der Waals surface area contributed by atoms with Gasteiger partial charge in [0.05, 0.1) is 0 Å². The summed E-state index contributed by atoms with van der Waals surface area (Å²) in [5, 5.41) is 22.5. The number of amides is 5. The summed E-state index contributed by atoms with van der Waals surface area (Å²) < 4.78 is 0. The van der Waals surface area contributed by atoms with E-state index in [0.717, 1.165) is 36.6 Å². The number of benzene rings is 1. The molecule has 1 aromatic carbocycles. The van der Waals surface area contributed by atoms with Crippen molar-refractivity contribution in [1.82, 2.24) is 26.3 Å². The van der Waals surface area contributed by atoms with Gasteiger partial charge in [-0.2, -0.15) is 11.8 Å². The molecule has 362 valence electrons. The number of phenols is 1. The van der Waals surface area contributed by atoms with Crippen LogP contribution >= 0.6 is 11.8 Å². The SMILES string of the molecule is CCCCCCCCCCCCCCCCCC(=O)N[C@@H](CCCCN)C(=O)N[C@@H](CCCCN)C(=O)N[C@@H](CSCc1ccc(O)c2ncccc12)C(=O)N[C@@H](CC(C)C)C(N)=O. The first-order valence-electron chi connectivity index (χ1n) is 24.4. The van der Waals surface area contributed by atoms with E-state index in [1.165, 1.54) is 82.4 Å². The summed E-state index contributed by atoms with van der Waals surface area (Å²) in [6, 6.07) is 3.05. The second-order valence-corrected chi connectivity index (χ2v) is 18.8. The number of rotatable bonds is 38. The summed E-state index contributed by atoms with van der Waals surface area (Å²) in [7, 11) is 0. The predicted octanol–water partition coefficient (Wildman–Crippen LogP) is 7.16. The number of nitrogens with two attached hydrogens (primary N) is 3. The Morgan fingerprint density at radius 3 is 1.67 bits per heavy atom. The van der Waals surface area contributed by atoms with Crippen molar-refractivity contribution in [3.63, 3.8) is 0 Å². The van der Waals surface area contributed by atoms with Crippen LogP contribution in [0.5, 0.6) is 5.75 Å². The lowest BCUT2D eigenvalue weighted by Gasteiger charge is -2.26. The lowest BCUT2D eigenvalue weighted by molar-refractivity contribution is -0.134. The summed E-state index contributed by atoms with van der Waals surface area (Å²) >= 11 is 1.38. The van der Waals surface area contributed by atoms with Gasteiger partial charge in [0.15, 0.2) is 0 Å². The number of unbranched alkanes of at least 4 members (excludes halogenated alkanes) is 16. The number of primary amides is 1. The predicted molar refractivity (Wildman–Crippen MR) is 261 cm³/mol. The number of fused-ring (bicyclic) bond motifs is 1. The van der Waals surface area contributed by atoms with Gasteiger partial charge in [0.1, 0.15) is 35.4 Å². The molecule has 0 aliphatic heterocycles. The highest BCUT2D eigenvalue weighted by Crippen LogP contribution is 2.28. The van der Waals surface area contributed by atoms with E-state index in [4.69, 9.17) is 17.2 Å². The van der Waals surface area contributed by atoms with Crippen molar-refractivity contribution in [2.45, 2.75) is 198 Å². The van der Waals surface area contributed by atoms with Gasteiger partial charge in [-0.3, -0.25) is 29.0 Å². The summed E-state index contributed by atoms with van der Waals surface area (Å²) in [5.41, 5.74) is 18.6. The fourth-order valence-corrected chi connectivity index (χ4v) is 8.85. The highest BCUT2D eigenvalue weighted by Gasteiger charge is 2.31. The van der Waals surface area contributed by atoms with E-state index in [-0.39, 0.29) is 29.7 Å². The zero-order valence-electron chi connectivity index (χ0n) is 39.4. The molecule has 0 fully saturated rings. The number of pyridine rings is 1. The molecule has 0 bridgehead atoms. The van der Waals surface area contributed by atoms with Gasteiger partial charge in [-0.25, -0.2) is 0 Å². The molecule has 1 heterocycles. The molecule has 5 amide bonds. The molecule has 0 saturated heterocycles. The molecule has 0 aliphatic carbocycles. The minimum atomic E-state index is -1.10. The molecule has 4 atom stereocenters. The summed E-state index contributed by atoms with van der Waals surface area (Å²) in [5.74, 6) is -1.87. The van der Waals surface area contributed by atoms with Crippen molar-refractivity contribution in [3.8, 4) is 5.75 Å². The Balaban J connectivity index is 2.06. The highest BCUT2D eigenvalue weighted by molar-refractivity contribution is 7.98. The third-order valence-corrected chi connectivity index (χ3v) is 12.7. The Hall–Kier alpha value is -3.95. The summed E-state index contributed by atoms with van der Waals surface area (Å²) in [4.78, 5) is 71.7. The first-order valence-corrected chi connectivity index (χ1v) is 25.6. The molecule has 0 aliphatic rings. The molecular formula is C49H84N8O6S. The lowest BCUT2D eigenvalue weighted by atomic mass is 10.0. The van der Waals surface area contributed by atoms with Crippen LogP contribution in [0.2, 0.25) is 0 Å². The number of nitrogens with one attached hydrogen (secondary N) is 4. The minimum absolute atomic E-state index is 0.0562. The van der Waals surface area contributed by atoms with Crippen LogP contribution in [-0.2, 0) is 29.7 Å². The molecule has 0 radical (unpaired) electrons. The van der Waals surface area contributed by atoms with Crippen LogP contribution in [0.3, 0.4) is 0 Å². The second-order valence-electron chi connectivity index (χ2n) is 17.8. The molecule has 0 spiro atoms. The van der Waals surface area contributed by atoms with E-state index in [1.54, 1.807) is 24.4 Å². The monoisotopic (exact) mass is 913 g/mol. The summed E-state index contributed by atoms with van der Waals surface area (Å²) in [6.45, 7) is 6.92. The maximum Gasteiger partial charge on any atom is 0.244 e. The van der Waals surface area contributed by atoms with E-state index in [0.29, 0.717) is 69.3 Å². The maximum atomic E-state index is 14.1. The van der Waals surface area contributed by atoms with Gasteiger partial charge in [0, 0.05) is 29.5 Å². The number of carbonyl (C=O) groups is 5. The Morgan fingerprint density at radius 2 is 1.14 bits per heavy atom. The maximum absolute atomic E-state index is 14.1. The number of carbonyl (C=O) groups excluding carboxylic acids is 5. The van der Waals surface area contributed by atoms with Crippen LogP contribution in [0.25, 0.3) is 10.9 Å². The van der Waals surface area contributed by atoms with E-state index >= 15 is 0 Å². The molecule has 15 heteroatoms. The summed E-state index contributed by atoms with van der Waals surface area (Å²) in [6.07, 6.45) is 23.7. The zero-order chi connectivity index (χ0) is 47.0. The first-order chi connectivity index (χ1) is 30.9. The molecule has 1 aromatic heterocycles. The van der Waals surface area contributed by atoms with Gasteiger partial charge in [0.2, 0.25) is 29.5 Å². The van der Waals surface area contributed by atoms with E-state index in [2.05, 4.69) is 33.2 Å². The number of hydrogen-bond acceptors (Lipinski definition) is 10. The third-order valence-electron chi connectivity index (χ3n) is 11.6. The molecule has 0 unspecified atom stereocenters. The number of aromatic hydroxyl groups is 1. The van der Waals surface area contributed by atoms with Crippen molar-refractivity contribution < 1.29 is 29.1 Å². The number of aromatic nitrogens is 1. The fraction of sp³-hybridized carbons (Fsp3) is 0.714. The highest BCUT2D eigenvalue weighted by atomic mass is 32.2. The van der Waals surface area contributed by atoms with E-state index in [9.17, 15) is 29.1 Å². The molecule has 14 nitrogen and oxygen atoms in total. The van der Waals surface area contributed by atoms with Gasteiger partial charge < -0.3 is 43.6 Å². The smallest absolute Gasteiger partial charge is 0.244 e. The van der Waals surface area contributed by atoms with Crippen molar-refractivity contribution in [2.24, 2.45) is 23.1 Å². The number of thioether (sulfide) groups is 1. The average molecular weight is 913 g/mol. The molecular weight excluding hydrogens is 829 g/mol. The topological polar surface area (TPSA) is 245 Å². The van der Waals surface area contributed by atoms with Crippen LogP contribution in [-0.4, -0.2) is 82.6 Å². The first kappa shape index (κ1) is 56.2. The number of nitrogens with zero attached hydrogens (tertiary/aromatic N) is 1. The fourth-order valence-electron chi connectivity index (χ4n) is 7.79. The Kier molecular flexibility index (Phi) is 30.2. The van der Waals surface area contributed by atoms with Gasteiger partial charge >= 0.3 is 0 Å². The molecule has 11 N–H and O–H groups in total. The number of phenolic OH excluding ortho intramolecular Hbond substituents is 1. The van der Waals surface area contributed by atoms with Gasteiger partial charge in [0.25, 0.3) is 0 Å². The average Bonchev–Trinajstić information content (AvgIpc) is 3.27. The Labute approximate surface area is 388 Å². The minimum Gasteiger partial charge on any atom is -0.506 e. The normalized spacial score (nSPS) is 13.3. The van der Waals surface area contributed by atoms with Crippen molar-refractivity contribution in [1.29, 1.82) is 0 Å². The van der Waals surface area contributed by atoms with Crippen LogP contribution < -0.4 is 38.5 Å².